The number of rotatable bonds is 5. The van der Waals surface area contributed by atoms with Gasteiger partial charge >= 0.3 is 5.63 Å². The van der Waals surface area contributed by atoms with Crippen LogP contribution in [-0.2, 0) is 0 Å². The lowest BCUT2D eigenvalue weighted by molar-refractivity contribution is -0.254. The van der Waals surface area contributed by atoms with Gasteiger partial charge in [0.1, 0.15) is 16.2 Å². The number of carbonyl (C=O) groups is 1. The molecule has 4 aromatic rings. The summed E-state index contributed by atoms with van der Waals surface area (Å²) in [4.78, 5) is 31.2. The van der Waals surface area contributed by atoms with Crippen molar-refractivity contribution in [3.8, 4) is 10.6 Å². The average molecular weight is 393 g/mol. The van der Waals surface area contributed by atoms with E-state index in [4.69, 9.17) is 4.42 Å². The summed E-state index contributed by atoms with van der Waals surface area (Å²) in [6.07, 6.45) is 0. The van der Waals surface area contributed by atoms with Crippen molar-refractivity contribution in [2.24, 2.45) is 0 Å². The maximum Gasteiger partial charge on any atom is 0.347 e. The quantitative estimate of drug-likeness (QED) is 0.484. The Hall–Kier alpha value is -3.19. The first-order chi connectivity index (χ1) is 13.5. The van der Waals surface area contributed by atoms with Gasteiger partial charge in [0.25, 0.3) is 0 Å². The van der Waals surface area contributed by atoms with Gasteiger partial charge in [0.15, 0.2) is 0 Å². The molecule has 2 aromatic heterocycles. The fourth-order valence-corrected chi connectivity index (χ4v) is 4.37. The molecular formula is C21H17N2O4S-. The van der Waals surface area contributed by atoms with Crippen LogP contribution in [0.2, 0.25) is 0 Å². The van der Waals surface area contributed by atoms with Crippen molar-refractivity contribution in [3.05, 3.63) is 58.4 Å². The highest BCUT2D eigenvalue weighted by atomic mass is 32.1. The van der Waals surface area contributed by atoms with Crippen molar-refractivity contribution in [3.63, 3.8) is 0 Å². The van der Waals surface area contributed by atoms with Gasteiger partial charge in [-0.3, -0.25) is 0 Å². The van der Waals surface area contributed by atoms with Crippen molar-refractivity contribution in [1.29, 1.82) is 0 Å². The number of fused-ring (bicyclic) bond motifs is 2. The van der Waals surface area contributed by atoms with Crippen LogP contribution in [-0.4, -0.2) is 24.0 Å². The van der Waals surface area contributed by atoms with E-state index in [2.05, 4.69) is 9.88 Å². The number of thiazole rings is 1. The molecule has 6 nitrogen and oxygen atoms in total. The average Bonchev–Trinajstić information content (AvgIpc) is 3.11. The van der Waals surface area contributed by atoms with Crippen LogP contribution in [0.25, 0.3) is 31.8 Å². The van der Waals surface area contributed by atoms with E-state index in [1.807, 2.05) is 44.2 Å². The lowest BCUT2D eigenvalue weighted by Gasteiger charge is -2.21. The Balaban J connectivity index is 2.00. The molecule has 2 heterocycles. The van der Waals surface area contributed by atoms with Crippen molar-refractivity contribution in [2.45, 2.75) is 13.8 Å². The first-order valence-electron chi connectivity index (χ1n) is 8.96. The normalized spacial score (nSPS) is 11.2. The lowest BCUT2D eigenvalue weighted by atomic mass is 10.0. The zero-order valence-electron chi connectivity index (χ0n) is 15.4. The van der Waals surface area contributed by atoms with Crippen LogP contribution in [0, 0.1) is 0 Å². The summed E-state index contributed by atoms with van der Waals surface area (Å²) >= 11 is 1.25. The second-order valence-corrected chi connectivity index (χ2v) is 7.30. The monoisotopic (exact) mass is 393 g/mol. The third kappa shape index (κ3) is 2.93. The Labute approximate surface area is 164 Å². The Bertz CT molecular complexity index is 1220. The summed E-state index contributed by atoms with van der Waals surface area (Å²) in [6, 6.07) is 12.6. The van der Waals surface area contributed by atoms with E-state index in [0.717, 1.165) is 23.5 Å². The molecule has 0 saturated carbocycles. The number of anilines is 1. The number of carboxylic acid groups (broad SMARTS) is 1. The number of aromatic carboxylic acids is 1. The van der Waals surface area contributed by atoms with Gasteiger partial charge in [-0.05, 0) is 38.1 Å². The molecule has 0 N–H and O–H groups in total. The Kier molecular flexibility index (Phi) is 4.60. The number of carbonyl (C=O) groups excluding carboxylic acids is 1. The van der Waals surface area contributed by atoms with Gasteiger partial charge in [-0.1, -0.05) is 12.1 Å². The molecule has 0 atom stereocenters. The van der Waals surface area contributed by atoms with E-state index >= 15 is 0 Å². The molecule has 0 unspecified atom stereocenters. The largest absolute Gasteiger partial charge is 0.545 e. The summed E-state index contributed by atoms with van der Waals surface area (Å²) in [6.45, 7) is 5.60. The van der Waals surface area contributed by atoms with Crippen LogP contribution >= 0.6 is 11.3 Å². The number of benzene rings is 2. The Morgan fingerprint density at radius 3 is 2.61 bits per heavy atom. The smallest absolute Gasteiger partial charge is 0.347 e. The number of para-hydroxylation sites is 1. The maximum atomic E-state index is 12.8. The first-order valence-corrected chi connectivity index (χ1v) is 9.78. The molecule has 2 aromatic carbocycles. The topological polar surface area (TPSA) is 86.5 Å². The molecule has 0 aliphatic carbocycles. The van der Waals surface area contributed by atoms with Crippen molar-refractivity contribution < 1.29 is 14.3 Å². The van der Waals surface area contributed by atoms with Crippen LogP contribution in [0.3, 0.4) is 0 Å². The number of carboxylic acids is 1. The minimum atomic E-state index is -1.43. The van der Waals surface area contributed by atoms with Gasteiger partial charge in [0.05, 0.1) is 16.2 Å². The van der Waals surface area contributed by atoms with E-state index in [-0.39, 0.29) is 16.7 Å². The maximum absolute atomic E-state index is 12.8. The highest BCUT2D eigenvalue weighted by Gasteiger charge is 2.21. The standard InChI is InChI=1S/C21H18N2O4S/c1-3-23(4-2)12-9-10-13-15(11-12)27-21(26)18(17(13)20(24)25)19-22-14-7-5-6-8-16(14)28-19/h5-11H,3-4H2,1-2H3,(H,24,25)/p-1. The second kappa shape index (κ2) is 7.09. The zero-order valence-corrected chi connectivity index (χ0v) is 16.2. The summed E-state index contributed by atoms with van der Waals surface area (Å²) < 4.78 is 6.37. The van der Waals surface area contributed by atoms with Crippen LogP contribution in [0.1, 0.15) is 24.2 Å². The van der Waals surface area contributed by atoms with Gasteiger partial charge in [-0.2, -0.15) is 0 Å². The van der Waals surface area contributed by atoms with Gasteiger partial charge in [-0.15, -0.1) is 11.3 Å². The van der Waals surface area contributed by atoms with Crippen molar-refractivity contribution in [2.75, 3.05) is 18.0 Å². The van der Waals surface area contributed by atoms with Crippen LogP contribution in [0.4, 0.5) is 5.69 Å². The third-order valence-corrected chi connectivity index (χ3v) is 5.79. The highest BCUT2D eigenvalue weighted by molar-refractivity contribution is 7.21. The summed E-state index contributed by atoms with van der Waals surface area (Å²) in [5, 5.41) is 12.6. The molecule has 0 aliphatic heterocycles. The predicted octanol–water partition coefficient (Wildman–Crippen LogP) is 3.28. The molecule has 142 valence electrons. The van der Waals surface area contributed by atoms with E-state index in [9.17, 15) is 14.7 Å². The minimum Gasteiger partial charge on any atom is -0.545 e. The van der Waals surface area contributed by atoms with E-state index in [1.165, 1.54) is 11.3 Å². The minimum absolute atomic E-state index is 0.0655. The molecular weight excluding hydrogens is 376 g/mol. The molecule has 0 radical (unpaired) electrons. The van der Waals surface area contributed by atoms with E-state index < -0.39 is 11.6 Å². The summed E-state index contributed by atoms with van der Waals surface area (Å²) in [7, 11) is 0. The van der Waals surface area contributed by atoms with Crippen LogP contribution in [0.5, 0.6) is 0 Å². The van der Waals surface area contributed by atoms with Crippen molar-refractivity contribution >= 4 is 44.2 Å². The second-order valence-electron chi connectivity index (χ2n) is 6.27. The molecule has 0 saturated heterocycles. The number of aromatic nitrogens is 1. The summed E-state index contributed by atoms with van der Waals surface area (Å²) in [5.74, 6) is -1.43. The third-order valence-electron chi connectivity index (χ3n) is 4.73. The molecule has 0 spiro atoms. The lowest BCUT2D eigenvalue weighted by Crippen LogP contribution is -2.26. The fraction of sp³-hybridized carbons (Fsp3) is 0.190. The fourth-order valence-electron chi connectivity index (χ4n) is 3.36. The molecule has 4 rings (SSSR count). The summed E-state index contributed by atoms with van der Waals surface area (Å²) in [5.41, 5.74) is 0.794. The van der Waals surface area contributed by atoms with Crippen LogP contribution < -0.4 is 15.6 Å². The number of hydrogen-bond donors (Lipinski definition) is 0. The SMILES string of the molecule is CCN(CC)c1ccc2c(C(=O)[O-])c(-c3nc4ccccc4s3)c(=O)oc2c1. The zero-order chi connectivity index (χ0) is 19.8. The molecule has 0 aliphatic rings. The number of hydrogen-bond acceptors (Lipinski definition) is 7. The van der Waals surface area contributed by atoms with Gasteiger partial charge in [0.2, 0.25) is 0 Å². The predicted molar refractivity (Wildman–Crippen MR) is 109 cm³/mol. The molecule has 7 heteroatoms. The first kappa shape index (κ1) is 18.2. The van der Waals surface area contributed by atoms with E-state index in [0.29, 0.717) is 15.9 Å². The van der Waals surface area contributed by atoms with E-state index in [1.54, 1.807) is 12.1 Å². The van der Waals surface area contributed by atoms with Crippen LogP contribution in [0.15, 0.2) is 51.7 Å². The Morgan fingerprint density at radius 1 is 1.18 bits per heavy atom. The van der Waals surface area contributed by atoms with Crippen molar-refractivity contribution in [1.82, 2.24) is 4.98 Å². The van der Waals surface area contributed by atoms with Gasteiger partial charge in [-0.25, -0.2) is 9.78 Å². The number of nitrogens with zero attached hydrogens (tertiary/aromatic N) is 2. The Morgan fingerprint density at radius 2 is 1.93 bits per heavy atom. The molecule has 0 bridgehead atoms. The van der Waals surface area contributed by atoms with Gasteiger partial charge < -0.3 is 19.2 Å². The molecule has 0 amide bonds. The molecule has 0 fully saturated rings. The molecule has 28 heavy (non-hydrogen) atoms. The highest BCUT2D eigenvalue weighted by Crippen LogP contribution is 2.34. The van der Waals surface area contributed by atoms with Gasteiger partial charge in [0, 0.05) is 35.8 Å².